The molecule has 2 aromatic carbocycles. The minimum absolute atomic E-state index is 0.213. The average Bonchev–Trinajstić information content (AvgIpc) is 2.49. The maximum absolute atomic E-state index is 12.9. The van der Waals surface area contributed by atoms with Crippen molar-refractivity contribution >= 4 is 47.6 Å². The molecule has 0 fully saturated rings. The molecule has 2 rings (SSSR count). The van der Waals surface area contributed by atoms with E-state index in [1.165, 1.54) is 11.4 Å². The van der Waals surface area contributed by atoms with Gasteiger partial charge in [0.2, 0.25) is 0 Å². The van der Waals surface area contributed by atoms with Crippen LogP contribution in [0.15, 0.2) is 56.3 Å². The summed E-state index contributed by atoms with van der Waals surface area (Å²) < 4.78 is 33.7. The molecule has 0 atom stereocenters. The highest BCUT2D eigenvalue weighted by molar-refractivity contribution is 9.10. The van der Waals surface area contributed by atoms with Crippen LogP contribution in [0.1, 0.15) is 6.92 Å². The van der Waals surface area contributed by atoms with Gasteiger partial charge in [-0.2, -0.15) is 0 Å². The zero-order valence-corrected chi connectivity index (χ0v) is 16.1. The third kappa shape index (κ3) is 3.47. The molecule has 0 spiro atoms. The molecule has 0 radical (unpaired) electrons. The van der Waals surface area contributed by atoms with Crippen LogP contribution in [0, 0.1) is 0 Å². The Kier molecular flexibility index (Phi) is 5.52. The van der Waals surface area contributed by atoms with Crippen molar-refractivity contribution in [3.63, 3.8) is 0 Å². The van der Waals surface area contributed by atoms with Crippen molar-refractivity contribution in [2.24, 2.45) is 0 Å². The normalized spacial score (nSPS) is 11.3. The van der Waals surface area contributed by atoms with Crippen molar-refractivity contribution in [2.75, 3.05) is 18.0 Å². The van der Waals surface area contributed by atoms with Gasteiger partial charge in [-0.25, -0.2) is 8.42 Å². The van der Waals surface area contributed by atoms with Crippen molar-refractivity contribution < 1.29 is 13.2 Å². The lowest BCUT2D eigenvalue weighted by atomic mass is 10.3. The van der Waals surface area contributed by atoms with Crippen molar-refractivity contribution in [2.45, 2.75) is 11.8 Å². The molecule has 4 nitrogen and oxygen atoms in total. The van der Waals surface area contributed by atoms with Gasteiger partial charge in [-0.15, -0.1) is 0 Å². The fourth-order valence-corrected chi connectivity index (χ4v) is 4.49. The number of halogens is 2. The molecule has 0 saturated carbocycles. The van der Waals surface area contributed by atoms with E-state index in [1.54, 1.807) is 37.3 Å². The van der Waals surface area contributed by atoms with E-state index in [-0.39, 0.29) is 4.90 Å². The Hall–Kier alpha value is -1.05. The predicted octanol–water partition coefficient (Wildman–Crippen LogP) is 4.44. The molecular formula is C15H15Br2NO3S. The summed E-state index contributed by atoms with van der Waals surface area (Å²) in [7, 11) is -2.10. The highest BCUT2D eigenvalue weighted by Crippen LogP contribution is 2.30. The van der Waals surface area contributed by atoms with E-state index in [4.69, 9.17) is 4.74 Å². The number of anilines is 1. The van der Waals surface area contributed by atoms with E-state index < -0.39 is 10.0 Å². The molecule has 22 heavy (non-hydrogen) atoms. The molecule has 0 aliphatic heterocycles. The minimum atomic E-state index is -3.63. The van der Waals surface area contributed by atoms with Gasteiger partial charge >= 0.3 is 0 Å². The third-order valence-corrected chi connectivity index (χ3v) is 6.16. The highest BCUT2D eigenvalue weighted by atomic mass is 79.9. The van der Waals surface area contributed by atoms with Crippen molar-refractivity contribution in [3.05, 3.63) is 51.4 Å². The predicted molar refractivity (Wildman–Crippen MR) is 95.0 cm³/mol. The summed E-state index contributed by atoms with van der Waals surface area (Å²) in [5.74, 6) is 0.589. The van der Waals surface area contributed by atoms with Crippen LogP contribution < -0.4 is 9.04 Å². The molecule has 0 aromatic heterocycles. The molecular weight excluding hydrogens is 434 g/mol. The third-order valence-electron chi connectivity index (χ3n) is 3.11. The van der Waals surface area contributed by atoms with Crippen LogP contribution in [-0.2, 0) is 10.0 Å². The number of hydrogen-bond donors (Lipinski definition) is 0. The molecule has 0 aliphatic carbocycles. The first-order valence-corrected chi connectivity index (χ1v) is 9.54. The van der Waals surface area contributed by atoms with Gasteiger partial charge in [-0.1, -0.05) is 15.9 Å². The summed E-state index contributed by atoms with van der Waals surface area (Å²) in [6.07, 6.45) is 0. The van der Waals surface area contributed by atoms with Crippen LogP contribution >= 0.6 is 31.9 Å². The zero-order valence-electron chi connectivity index (χ0n) is 12.1. The molecule has 0 heterocycles. The van der Waals surface area contributed by atoms with Crippen molar-refractivity contribution in [3.8, 4) is 5.75 Å². The number of sulfonamides is 1. The molecule has 0 unspecified atom stereocenters. The Balaban J connectivity index is 2.47. The number of rotatable bonds is 5. The van der Waals surface area contributed by atoms with Crippen LogP contribution in [-0.4, -0.2) is 22.1 Å². The second-order valence-corrected chi connectivity index (χ2v) is 8.07. The first-order valence-electron chi connectivity index (χ1n) is 6.52. The van der Waals surface area contributed by atoms with Crippen LogP contribution in [0.4, 0.5) is 5.69 Å². The SMILES string of the molecule is CCN(c1ccc(Br)cc1)S(=O)(=O)c1ccc(OC)c(Br)c1. The average molecular weight is 449 g/mol. The Morgan fingerprint density at radius 1 is 1.09 bits per heavy atom. The standard InChI is InChI=1S/C15H15Br2NO3S/c1-3-18(12-6-4-11(16)5-7-12)22(19,20)13-8-9-15(21-2)14(17)10-13/h4-10H,3H2,1-2H3. The second kappa shape index (κ2) is 7.02. The Morgan fingerprint density at radius 2 is 1.73 bits per heavy atom. The maximum atomic E-state index is 12.9. The van der Waals surface area contributed by atoms with Crippen molar-refractivity contribution in [1.29, 1.82) is 0 Å². The first kappa shape index (κ1) is 17.3. The van der Waals surface area contributed by atoms with Crippen LogP contribution in [0.2, 0.25) is 0 Å². The van der Waals surface area contributed by atoms with E-state index in [0.29, 0.717) is 22.5 Å². The van der Waals surface area contributed by atoms with Crippen LogP contribution in [0.3, 0.4) is 0 Å². The lowest BCUT2D eigenvalue weighted by Crippen LogP contribution is -2.30. The molecule has 0 N–H and O–H groups in total. The summed E-state index contributed by atoms with van der Waals surface area (Å²) in [5.41, 5.74) is 0.623. The second-order valence-electron chi connectivity index (χ2n) is 4.44. The molecule has 0 aliphatic rings. The topological polar surface area (TPSA) is 46.6 Å². The number of ether oxygens (including phenoxy) is 1. The van der Waals surface area contributed by atoms with Gasteiger partial charge in [0.15, 0.2) is 0 Å². The highest BCUT2D eigenvalue weighted by Gasteiger charge is 2.24. The van der Waals surface area contributed by atoms with Gasteiger partial charge in [-0.3, -0.25) is 4.31 Å². The Labute approximate surface area is 147 Å². The van der Waals surface area contributed by atoms with E-state index >= 15 is 0 Å². The van der Waals surface area contributed by atoms with Gasteiger partial charge < -0.3 is 4.74 Å². The van der Waals surface area contributed by atoms with Crippen LogP contribution in [0.25, 0.3) is 0 Å². The lowest BCUT2D eigenvalue weighted by molar-refractivity contribution is 0.411. The smallest absolute Gasteiger partial charge is 0.264 e. The molecule has 0 bridgehead atoms. The zero-order chi connectivity index (χ0) is 16.3. The number of benzene rings is 2. The van der Waals surface area contributed by atoms with E-state index in [9.17, 15) is 8.42 Å². The van der Waals surface area contributed by atoms with Crippen LogP contribution in [0.5, 0.6) is 5.75 Å². The molecule has 7 heteroatoms. The number of methoxy groups -OCH3 is 1. The molecule has 0 amide bonds. The van der Waals surface area contributed by atoms with E-state index in [2.05, 4.69) is 31.9 Å². The van der Waals surface area contributed by atoms with Gasteiger partial charge in [0.05, 0.1) is 22.2 Å². The van der Waals surface area contributed by atoms with E-state index in [1.807, 2.05) is 12.1 Å². The molecule has 2 aromatic rings. The maximum Gasteiger partial charge on any atom is 0.264 e. The monoisotopic (exact) mass is 447 g/mol. The quantitative estimate of drug-likeness (QED) is 0.679. The number of hydrogen-bond acceptors (Lipinski definition) is 3. The summed E-state index contributed by atoms with van der Waals surface area (Å²) in [6.45, 7) is 2.14. The summed E-state index contributed by atoms with van der Waals surface area (Å²) in [4.78, 5) is 0.213. The summed E-state index contributed by atoms with van der Waals surface area (Å²) in [5, 5.41) is 0. The minimum Gasteiger partial charge on any atom is -0.496 e. The number of nitrogens with zero attached hydrogens (tertiary/aromatic N) is 1. The summed E-state index contributed by atoms with van der Waals surface area (Å²) >= 11 is 6.67. The largest absolute Gasteiger partial charge is 0.496 e. The summed E-state index contributed by atoms with van der Waals surface area (Å²) in [6, 6.07) is 11.9. The lowest BCUT2D eigenvalue weighted by Gasteiger charge is -2.23. The van der Waals surface area contributed by atoms with Gasteiger partial charge in [0.25, 0.3) is 10.0 Å². The molecule has 0 saturated heterocycles. The van der Waals surface area contributed by atoms with Crippen molar-refractivity contribution in [1.82, 2.24) is 0 Å². The fourth-order valence-electron chi connectivity index (χ4n) is 2.03. The van der Waals surface area contributed by atoms with Gasteiger partial charge in [0.1, 0.15) is 5.75 Å². The van der Waals surface area contributed by atoms with Gasteiger partial charge in [0, 0.05) is 11.0 Å². The fraction of sp³-hybridized carbons (Fsp3) is 0.200. The van der Waals surface area contributed by atoms with E-state index in [0.717, 1.165) is 4.47 Å². The molecule has 118 valence electrons. The van der Waals surface area contributed by atoms with Gasteiger partial charge in [-0.05, 0) is 65.3 Å². The first-order chi connectivity index (χ1) is 10.4. The Morgan fingerprint density at radius 3 is 2.23 bits per heavy atom. The Bertz CT molecular complexity index is 761.